The molecule has 0 bridgehead atoms. The van der Waals surface area contributed by atoms with Crippen molar-refractivity contribution in [2.75, 3.05) is 5.73 Å². The van der Waals surface area contributed by atoms with Crippen LogP contribution in [0.15, 0.2) is 77.4 Å². The standard InChI is InChI=1S/C25H15F3N2O3S/c26-25(27,28)18-4-2-1-3-16(18)22(32)23-21(17-10-9-15(31)11-19(17)34-23)13-5-7-14(8-6-13)24-30-20(29)12-33-24/h1-12,31H,29H2. The molecule has 5 nitrogen and oxygen atoms in total. The SMILES string of the molecule is Nc1coc(-c2ccc(-c3c(C(=O)c4ccccc4C(F)(F)F)sc4cc(O)ccc34)cc2)n1. The van der Waals surface area contributed by atoms with Gasteiger partial charge < -0.3 is 15.3 Å². The van der Waals surface area contributed by atoms with Crippen LogP contribution >= 0.6 is 11.3 Å². The number of aromatic hydroxyl groups is 1. The van der Waals surface area contributed by atoms with Crippen LogP contribution in [0.1, 0.15) is 20.8 Å². The Hall–Kier alpha value is -4.11. The predicted molar refractivity (Wildman–Crippen MR) is 124 cm³/mol. The Morgan fingerprint density at radius 1 is 1.00 bits per heavy atom. The molecule has 2 heterocycles. The lowest BCUT2D eigenvalue weighted by Crippen LogP contribution is -2.13. The van der Waals surface area contributed by atoms with E-state index in [0.29, 0.717) is 32.7 Å². The zero-order chi connectivity index (χ0) is 24.0. The van der Waals surface area contributed by atoms with Crippen LogP contribution in [-0.2, 0) is 6.18 Å². The van der Waals surface area contributed by atoms with Gasteiger partial charge in [-0.3, -0.25) is 4.79 Å². The quantitative estimate of drug-likeness (QED) is 0.277. The molecular weight excluding hydrogens is 465 g/mol. The molecule has 0 fully saturated rings. The number of nitrogens with two attached hydrogens (primary N) is 1. The van der Waals surface area contributed by atoms with Crippen molar-refractivity contribution in [3.63, 3.8) is 0 Å². The van der Waals surface area contributed by atoms with Gasteiger partial charge in [0.1, 0.15) is 12.0 Å². The van der Waals surface area contributed by atoms with Crippen LogP contribution in [0.25, 0.3) is 32.7 Å². The van der Waals surface area contributed by atoms with Crippen molar-refractivity contribution in [1.29, 1.82) is 0 Å². The number of ketones is 1. The number of hydrogen-bond acceptors (Lipinski definition) is 6. The molecule has 0 aliphatic heterocycles. The van der Waals surface area contributed by atoms with Gasteiger partial charge in [0.05, 0.1) is 10.4 Å². The number of carbonyl (C=O) groups is 1. The number of nitrogens with zero attached hydrogens (tertiary/aromatic N) is 1. The van der Waals surface area contributed by atoms with Gasteiger partial charge in [-0.25, -0.2) is 0 Å². The number of oxazole rings is 1. The summed E-state index contributed by atoms with van der Waals surface area (Å²) in [7, 11) is 0. The van der Waals surface area contributed by atoms with Crippen molar-refractivity contribution in [2.45, 2.75) is 6.18 Å². The summed E-state index contributed by atoms with van der Waals surface area (Å²) in [5.41, 5.74) is 5.93. The van der Waals surface area contributed by atoms with Crippen LogP contribution in [0, 0.1) is 0 Å². The van der Waals surface area contributed by atoms with Gasteiger partial charge in [-0.1, -0.05) is 30.3 Å². The van der Waals surface area contributed by atoms with Crippen molar-refractivity contribution in [2.24, 2.45) is 0 Å². The summed E-state index contributed by atoms with van der Waals surface area (Å²) in [6.07, 6.45) is -3.36. The number of hydrogen-bond donors (Lipinski definition) is 2. The number of fused-ring (bicyclic) bond motifs is 1. The van der Waals surface area contributed by atoms with E-state index in [4.69, 9.17) is 10.2 Å². The lowest BCUT2D eigenvalue weighted by Gasteiger charge is -2.12. The highest BCUT2D eigenvalue weighted by Gasteiger charge is 2.36. The number of alkyl halides is 3. The monoisotopic (exact) mass is 480 g/mol. The minimum atomic E-state index is -4.68. The van der Waals surface area contributed by atoms with Gasteiger partial charge in [0.25, 0.3) is 0 Å². The molecule has 0 radical (unpaired) electrons. The smallest absolute Gasteiger partial charge is 0.417 e. The Balaban J connectivity index is 1.68. The Bertz CT molecular complexity index is 1540. The van der Waals surface area contributed by atoms with E-state index in [9.17, 15) is 23.1 Å². The van der Waals surface area contributed by atoms with Crippen molar-refractivity contribution < 1.29 is 27.5 Å². The Morgan fingerprint density at radius 3 is 2.38 bits per heavy atom. The molecule has 0 spiro atoms. The fourth-order valence-electron chi connectivity index (χ4n) is 3.78. The number of phenolic OH excluding ortho intramolecular Hbond substituents is 1. The molecule has 0 atom stereocenters. The Labute approximate surface area is 194 Å². The van der Waals surface area contributed by atoms with Crippen LogP contribution in [-0.4, -0.2) is 15.9 Å². The number of aromatic nitrogens is 1. The molecule has 5 rings (SSSR count). The highest BCUT2D eigenvalue weighted by atomic mass is 32.1. The number of carbonyl (C=O) groups excluding carboxylic acids is 1. The maximum Gasteiger partial charge on any atom is 0.417 e. The van der Waals surface area contributed by atoms with Gasteiger partial charge >= 0.3 is 6.18 Å². The molecule has 2 aromatic heterocycles. The number of benzene rings is 3. The molecule has 9 heteroatoms. The summed E-state index contributed by atoms with van der Waals surface area (Å²) >= 11 is 1.03. The van der Waals surface area contributed by atoms with E-state index in [1.807, 2.05) is 0 Å². The van der Waals surface area contributed by atoms with Crippen molar-refractivity contribution >= 4 is 33.0 Å². The number of rotatable bonds is 4. The first kappa shape index (κ1) is 21.7. The van der Waals surface area contributed by atoms with E-state index in [0.717, 1.165) is 17.4 Å². The molecule has 5 aromatic rings. The number of thiophene rings is 1. The van der Waals surface area contributed by atoms with Crippen LogP contribution < -0.4 is 5.73 Å². The molecule has 0 aliphatic rings. The summed E-state index contributed by atoms with van der Waals surface area (Å²) in [5, 5.41) is 10.6. The molecule has 0 unspecified atom stereocenters. The first-order valence-electron chi connectivity index (χ1n) is 10.0. The second-order valence-corrected chi connectivity index (χ2v) is 8.57. The highest BCUT2D eigenvalue weighted by Crippen LogP contribution is 2.43. The lowest BCUT2D eigenvalue weighted by atomic mass is 9.95. The van der Waals surface area contributed by atoms with E-state index in [1.54, 1.807) is 30.3 Å². The maximum absolute atomic E-state index is 13.6. The van der Waals surface area contributed by atoms with Crippen molar-refractivity contribution in [3.05, 3.63) is 89.0 Å². The zero-order valence-corrected chi connectivity index (χ0v) is 18.1. The summed E-state index contributed by atoms with van der Waals surface area (Å²) in [6, 6.07) is 16.2. The predicted octanol–water partition coefficient (Wildman–Crippen LogP) is 6.76. The van der Waals surface area contributed by atoms with Gasteiger partial charge in [-0.05, 0) is 42.0 Å². The van der Waals surface area contributed by atoms with Crippen molar-refractivity contribution in [3.8, 4) is 28.3 Å². The first-order valence-corrected chi connectivity index (χ1v) is 10.8. The minimum absolute atomic E-state index is 0.00757. The summed E-state index contributed by atoms with van der Waals surface area (Å²) < 4.78 is 46.7. The Kier molecular flexibility index (Phi) is 5.13. The van der Waals surface area contributed by atoms with E-state index >= 15 is 0 Å². The van der Waals surface area contributed by atoms with Crippen LogP contribution in [0.3, 0.4) is 0 Å². The van der Waals surface area contributed by atoms with E-state index < -0.39 is 23.1 Å². The Morgan fingerprint density at radius 2 is 1.71 bits per heavy atom. The molecule has 0 saturated heterocycles. The fraction of sp³-hybridized carbons (Fsp3) is 0.0400. The van der Waals surface area contributed by atoms with Gasteiger partial charge in [-0.2, -0.15) is 18.2 Å². The number of phenols is 1. The van der Waals surface area contributed by atoms with Gasteiger partial charge in [-0.15, -0.1) is 11.3 Å². The topological polar surface area (TPSA) is 89.3 Å². The highest BCUT2D eigenvalue weighted by molar-refractivity contribution is 7.21. The maximum atomic E-state index is 13.6. The van der Waals surface area contributed by atoms with Gasteiger partial charge in [0, 0.05) is 26.8 Å². The fourth-order valence-corrected chi connectivity index (χ4v) is 4.99. The number of anilines is 1. The summed E-state index contributed by atoms with van der Waals surface area (Å²) in [6.45, 7) is 0. The summed E-state index contributed by atoms with van der Waals surface area (Å²) in [5.74, 6) is -0.196. The van der Waals surface area contributed by atoms with E-state index in [-0.39, 0.29) is 16.4 Å². The second-order valence-electron chi connectivity index (χ2n) is 7.51. The van der Waals surface area contributed by atoms with Crippen LogP contribution in [0.5, 0.6) is 5.75 Å². The largest absolute Gasteiger partial charge is 0.508 e. The molecule has 34 heavy (non-hydrogen) atoms. The molecule has 3 N–H and O–H groups in total. The summed E-state index contributed by atoms with van der Waals surface area (Å²) in [4.78, 5) is 17.7. The van der Waals surface area contributed by atoms with Gasteiger partial charge in [0.2, 0.25) is 11.7 Å². The van der Waals surface area contributed by atoms with Crippen molar-refractivity contribution in [1.82, 2.24) is 4.98 Å². The zero-order valence-electron chi connectivity index (χ0n) is 17.3. The molecule has 0 amide bonds. The number of halogens is 3. The molecule has 0 saturated carbocycles. The normalized spacial score (nSPS) is 11.7. The van der Waals surface area contributed by atoms with E-state index in [1.165, 1.54) is 36.6 Å². The lowest BCUT2D eigenvalue weighted by molar-refractivity contribution is -0.137. The minimum Gasteiger partial charge on any atom is -0.508 e. The molecule has 170 valence electrons. The average Bonchev–Trinajstić information content (AvgIpc) is 3.41. The molecular formula is C25H15F3N2O3S. The average molecular weight is 480 g/mol. The third kappa shape index (κ3) is 3.80. The van der Waals surface area contributed by atoms with Crippen LogP contribution in [0.4, 0.5) is 19.0 Å². The second kappa shape index (κ2) is 8.03. The van der Waals surface area contributed by atoms with Crippen LogP contribution in [0.2, 0.25) is 0 Å². The first-order chi connectivity index (χ1) is 16.2. The molecule has 0 aliphatic carbocycles. The van der Waals surface area contributed by atoms with E-state index in [2.05, 4.69) is 4.98 Å². The number of nitrogen functional groups attached to an aromatic ring is 1. The third-order valence-electron chi connectivity index (χ3n) is 5.30. The van der Waals surface area contributed by atoms with Gasteiger partial charge in [0.15, 0.2) is 5.82 Å². The molecule has 3 aromatic carbocycles. The third-order valence-corrected chi connectivity index (χ3v) is 6.45.